The highest BCUT2D eigenvalue weighted by Gasteiger charge is 2.36. The van der Waals surface area contributed by atoms with Gasteiger partial charge in [0, 0.05) is 18.8 Å². The van der Waals surface area contributed by atoms with Crippen LogP contribution < -0.4 is 10.3 Å². The summed E-state index contributed by atoms with van der Waals surface area (Å²) in [6.07, 6.45) is -1.52. The number of methoxy groups -OCH3 is 1. The number of pyridine rings is 1. The van der Waals surface area contributed by atoms with Gasteiger partial charge >= 0.3 is 6.18 Å². The molecule has 2 aromatic rings. The van der Waals surface area contributed by atoms with Gasteiger partial charge in [0.1, 0.15) is 17.9 Å². The Morgan fingerprint density at radius 3 is 2.45 bits per heavy atom. The number of carbonyl (C=O) groups excluding carboxylic acids is 1. The van der Waals surface area contributed by atoms with Crippen LogP contribution in [0.25, 0.3) is 0 Å². The molecule has 0 radical (unpaired) electrons. The minimum Gasteiger partial charge on any atom is -0.497 e. The van der Waals surface area contributed by atoms with Crippen molar-refractivity contribution in [2.24, 2.45) is 5.92 Å². The molecule has 0 aliphatic heterocycles. The van der Waals surface area contributed by atoms with Crippen molar-refractivity contribution in [1.82, 2.24) is 9.47 Å². The summed E-state index contributed by atoms with van der Waals surface area (Å²) in [5, 5.41) is 0. The molecule has 0 saturated heterocycles. The van der Waals surface area contributed by atoms with Crippen LogP contribution in [0.2, 0.25) is 0 Å². The predicted molar refractivity (Wildman–Crippen MR) is 101 cm³/mol. The first-order valence-corrected chi connectivity index (χ1v) is 9.39. The zero-order valence-corrected chi connectivity index (χ0v) is 16.3. The van der Waals surface area contributed by atoms with Crippen molar-refractivity contribution in [3.8, 4) is 5.75 Å². The zero-order chi connectivity index (χ0) is 21.2. The summed E-state index contributed by atoms with van der Waals surface area (Å²) >= 11 is 0. The summed E-state index contributed by atoms with van der Waals surface area (Å²) in [4.78, 5) is 26.8. The van der Waals surface area contributed by atoms with E-state index >= 15 is 0 Å². The molecule has 29 heavy (non-hydrogen) atoms. The minimum absolute atomic E-state index is 0.0638. The molecule has 1 unspecified atom stereocenters. The number of hydrogen-bond acceptors (Lipinski definition) is 3. The lowest BCUT2D eigenvalue weighted by Crippen LogP contribution is -2.43. The van der Waals surface area contributed by atoms with Crippen molar-refractivity contribution in [1.29, 1.82) is 0 Å². The topological polar surface area (TPSA) is 51.5 Å². The molecule has 5 nitrogen and oxygen atoms in total. The summed E-state index contributed by atoms with van der Waals surface area (Å²) in [5.74, 6) is 0.675. The Morgan fingerprint density at radius 2 is 1.90 bits per heavy atom. The van der Waals surface area contributed by atoms with E-state index in [0.29, 0.717) is 18.2 Å². The summed E-state index contributed by atoms with van der Waals surface area (Å²) in [6.45, 7) is 1.82. The number of benzene rings is 1. The number of nitrogens with zero attached hydrogens (tertiary/aromatic N) is 2. The van der Waals surface area contributed by atoms with E-state index in [0.717, 1.165) is 35.1 Å². The number of aromatic nitrogens is 1. The van der Waals surface area contributed by atoms with Gasteiger partial charge in [0.05, 0.1) is 7.11 Å². The average molecular weight is 408 g/mol. The fourth-order valence-electron chi connectivity index (χ4n) is 3.33. The van der Waals surface area contributed by atoms with E-state index in [-0.39, 0.29) is 11.9 Å². The van der Waals surface area contributed by atoms with Crippen LogP contribution in [0.4, 0.5) is 13.2 Å². The highest BCUT2D eigenvalue weighted by atomic mass is 19.4. The fraction of sp³-hybridized carbons (Fsp3) is 0.429. The first kappa shape index (κ1) is 21.0. The predicted octanol–water partition coefficient (Wildman–Crippen LogP) is 3.70. The van der Waals surface area contributed by atoms with Crippen LogP contribution in [-0.4, -0.2) is 28.5 Å². The van der Waals surface area contributed by atoms with Crippen LogP contribution >= 0.6 is 0 Å². The summed E-state index contributed by atoms with van der Waals surface area (Å²) in [5.41, 5.74) is -1.61. The van der Waals surface area contributed by atoms with Crippen molar-refractivity contribution in [3.63, 3.8) is 0 Å². The highest BCUT2D eigenvalue weighted by Crippen LogP contribution is 2.36. The maximum atomic E-state index is 13.0. The number of hydrogen-bond donors (Lipinski definition) is 0. The molecule has 3 rings (SSSR count). The third-order valence-corrected chi connectivity index (χ3v) is 5.26. The molecular weight excluding hydrogens is 385 g/mol. The van der Waals surface area contributed by atoms with Crippen LogP contribution in [0.5, 0.6) is 5.75 Å². The van der Waals surface area contributed by atoms with E-state index in [9.17, 15) is 22.8 Å². The van der Waals surface area contributed by atoms with Crippen LogP contribution in [0.1, 0.15) is 30.9 Å². The molecule has 8 heteroatoms. The molecule has 1 aliphatic carbocycles. The minimum atomic E-state index is -4.76. The fourth-order valence-corrected chi connectivity index (χ4v) is 3.33. The van der Waals surface area contributed by atoms with E-state index in [1.165, 1.54) is 6.20 Å². The molecule has 1 heterocycles. The lowest BCUT2D eigenvalue weighted by Gasteiger charge is -2.30. The molecule has 0 N–H and O–H groups in total. The molecule has 1 atom stereocenters. The molecule has 1 aliphatic rings. The van der Waals surface area contributed by atoms with Crippen molar-refractivity contribution in [2.45, 2.75) is 45.1 Å². The standard InChI is InChI=1S/C21H23F3N2O3/c1-14(16-7-8-16)26(12-15-5-9-17(29-2)10-6-15)19(27)13-25-11-3-4-18(20(25)28)21(22,23)24/h3-6,9-11,14,16H,7-8,12-13H2,1-2H3. The van der Waals surface area contributed by atoms with Gasteiger partial charge in [-0.15, -0.1) is 0 Å². The number of carbonyl (C=O) groups is 1. The third-order valence-electron chi connectivity index (χ3n) is 5.26. The van der Waals surface area contributed by atoms with Gasteiger partial charge in [-0.2, -0.15) is 13.2 Å². The van der Waals surface area contributed by atoms with Gasteiger partial charge in [-0.25, -0.2) is 0 Å². The summed E-state index contributed by atoms with van der Waals surface area (Å²) in [6, 6.07) is 9.06. The second-order valence-electron chi connectivity index (χ2n) is 7.30. The Labute approximate surface area is 166 Å². The van der Waals surface area contributed by atoms with E-state index in [4.69, 9.17) is 4.74 Å². The Balaban J connectivity index is 1.82. The SMILES string of the molecule is COc1ccc(CN(C(=O)Cn2cccc(C(F)(F)F)c2=O)C(C)C2CC2)cc1. The number of halogens is 3. The molecule has 1 aromatic heterocycles. The quantitative estimate of drug-likeness (QED) is 0.702. The number of alkyl halides is 3. The molecule has 0 spiro atoms. The Kier molecular flexibility index (Phi) is 6.00. The molecule has 156 valence electrons. The Bertz CT molecular complexity index is 918. The molecule has 1 aromatic carbocycles. The number of rotatable bonds is 7. The van der Waals surface area contributed by atoms with Crippen LogP contribution in [-0.2, 0) is 24.1 Å². The highest BCUT2D eigenvalue weighted by molar-refractivity contribution is 5.76. The molecular formula is C21H23F3N2O3. The first-order chi connectivity index (χ1) is 13.7. The lowest BCUT2D eigenvalue weighted by molar-refractivity contribution is -0.140. The van der Waals surface area contributed by atoms with Gasteiger partial charge < -0.3 is 14.2 Å². The maximum absolute atomic E-state index is 13.0. The normalized spacial score (nSPS) is 15.1. The van der Waals surface area contributed by atoms with E-state index in [1.54, 1.807) is 24.1 Å². The van der Waals surface area contributed by atoms with E-state index in [1.807, 2.05) is 19.1 Å². The lowest BCUT2D eigenvalue weighted by atomic mass is 10.1. The van der Waals surface area contributed by atoms with Crippen molar-refractivity contribution < 1.29 is 22.7 Å². The van der Waals surface area contributed by atoms with Crippen LogP contribution in [0.3, 0.4) is 0 Å². The smallest absolute Gasteiger partial charge is 0.421 e. The molecule has 0 bridgehead atoms. The second-order valence-corrected chi connectivity index (χ2v) is 7.30. The van der Waals surface area contributed by atoms with E-state index < -0.39 is 23.8 Å². The third kappa shape index (κ3) is 4.99. The Morgan fingerprint density at radius 1 is 1.24 bits per heavy atom. The monoisotopic (exact) mass is 408 g/mol. The van der Waals surface area contributed by atoms with Crippen molar-refractivity contribution >= 4 is 5.91 Å². The number of ether oxygens (including phenoxy) is 1. The maximum Gasteiger partial charge on any atom is 0.421 e. The second kappa shape index (κ2) is 8.31. The van der Waals surface area contributed by atoms with Gasteiger partial charge in [-0.1, -0.05) is 12.1 Å². The Hall–Kier alpha value is -2.77. The molecule has 1 amide bonds. The van der Waals surface area contributed by atoms with Gasteiger partial charge in [0.15, 0.2) is 0 Å². The summed E-state index contributed by atoms with van der Waals surface area (Å²) < 4.78 is 45.0. The molecule has 1 fully saturated rings. The summed E-state index contributed by atoms with van der Waals surface area (Å²) in [7, 11) is 1.56. The number of amides is 1. The zero-order valence-electron chi connectivity index (χ0n) is 16.3. The molecule has 1 saturated carbocycles. The van der Waals surface area contributed by atoms with Crippen LogP contribution in [0.15, 0.2) is 47.4 Å². The van der Waals surface area contributed by atoms with Gasteiger partial charge in [-0.3, -0.25) is 9.59 Å². The van der Waals surface area contributed by atoms with Crippen molar-refractivity contribution in [2.75, 3.05) is 7.11 Å². The average Bonchev–Trinajstić information content (AvgIpc) is 3.52. The van der Waals surface area contributed by atoms with Crippen molar-refractivity contribution in [3.05, 3.63) is 64.1 Å². The first-order valence-electron chi connectivity index (χ1n) is 9.39. The van der Waals surface area contributed by atoms with Gasteiger partial charge in [0.2, 0.25) is 5.91 Å². The van der Waals surface area contributed by atoms with Crippen LogP contribution in [0, 0.1) is 5.92 Å². The van der Waals surface area contributed by atoms with Gasteiger partial charge in [-0.05, 0) is 55.5 Å². The largest absolute Gasteiger partial charge is 0.497 e. The van der Waals surface area contributed by atoms with Gasteiger partial charge in [0.25, 0.3) is 5.56 Å². The van der Waals surface area contributed by atoms with E-state index in [2.05, 4.69) is 0 Å².